The van der Waals surface area contributed by atoms with E-state index in [1.165, 1.54) is 21.3 Å². The van der Waals surface area contributed by atoms with Crippen molar-refractivity contribution in [2.75, 3.05) is 33.3 Å². The predicted octanol–water partition coefficient (Wildman–Crippen LogP) is 3.12. The summed E-state index contributed by atoms with van der Waals surface area (Å²) in [4.78, 5) is 12.1. The number of benzene rings is 1. The Morgan fingerprint density at radius 3 is 2.43 bits per heavy atom. The molecule has 148 valence electrons. The van der Waals surface area contributed by atoms with E-state index in [1.54, 1.807) is 36.6 Å². The molecule has 3 aromatic rings. The van der Waals surface area contributed by atoms with E-state index in [1.807, 2.05) is 0 Å². The molecule has 1 N–H and O–H groups in total. The van der Waals surface area contributed by atoms with Crippen LogP contribution in [0.2, 0.25) is 0 Å². The molecule has 1 amide bonds. The summed E-state index contributed by atoms with van der Waals surface area (Å²) >= 11 is 0. The van der Waals surface area contributed by atoms with E-state index >= 15 is 0 Å². The van der Waals surface area contributed by atoms with Crippen LogP contribution in [0.5, 0.6) is 17.2 Å². The third-order valence-electron chi connectivity index (χ3n) is 3.75. The summed E-state index contributed by atoms with van der Waals surface area (Å²) in [6, 6.07) is 8.46. The van der Waals surface area contributed by atoms with Crippen LogP contribution in [0.15, 0.2) is 45.5 Å². The van der Waals surface area contributed by atoms with Gasteiger partial charge in [-0.3, -0.25) is 4.79 Å². The average molecular weight is 388 g/mol. The van der Waals surface area contributed by atoms with Gasteiger partial charge in [-0.15, -0.1) is 0 Å². The molecule has 0 saturated heterocycles. The van der Waals surface area contributed by atoms with Gasteiger partial charge in [-0.25, -0.2) is 0 Å². The molecule has 0 spiro atoms. The second kappa shape index (κ2) is 8.96. The molecule has 9 heteroatoms. The first kappa shape index (κ1) is 19.3. The number of nitrogens with one attached hydrogen (secondary N) is 1. The number of hydrogen-bond acceptors (Lipinski definition) is 8. The Labute approximate surface area is 161 Å². The van der Waals surface area contributed by atoms with Gasteiger partial charge in [0.1, 0.15) is 12.3 Å². The van der Waals surface area contributed by atoms with E-state index in [2.05, 4.69) is 10.5 Å². The number of ether oxygens (including phenoxy) is 4. The first-order chi connectivity index (χ1) is 13.6. The van der Waals surface area contributed by atoms with Crippen LogP contribution in [0.1, 0.15) is 5.69 Å². The lowest BCUT2D eigenvalue weighted by Crippen LogP contribution is -2.18. The summed E-state index contributed by atoms with van der Waals surface area (Å²) in [7, 11) is 4.51. The first-order valence-electron chi connectivity index (χ1n) is 8.31. The Morgan fingerprint density at radius 2 is 1.82 bits per heavy atom. The molecular weight excluding hydrogens is 368 g/mol. The molecule has 1 aromatic carbocycles. The van der Waals surface area contributed by atoms with Crippen molar-refractivity contribution >= 4 is 11.6 Å². The Hall–Kier alpha value is -3.46. The number of carbonyl (C=O) groups excluding carboxylic acids is 1. The van der Waals surface area contributed by atoms with Crippen molar-refractivity contribution in [3.63, 3.8) is 0 Å². The first-order valence-corrected chi connectivity index (χ1v) is 8.31. The Balaban J connectivity index is 1.55. The van der Waals surface area contributed by atoms with Gasteiger partial charge < -0.3 is 33.2 Å². The van der Waals surface area contributed by atoms with Crippen molar-refractivity contribution in [1.82, 2.24) is 5.16 Å². The summed E-state index contributed by atoms with van der Waals surface area (Å²) in [5, 5.41) is 6.60. The number of anilines is 1. The molecule has 28 heavy (non-hydrogen) atoms. The number of amides is 1. The predicted molar refractivity (Wildman–Crippen MR) is 98.6 cm³/mol. The van der Waals surface area contributed by atoms with Crippen molar-refractivity contribution in [1.29, 1.82) is 0 Å². The van der Waals surface area contributed by atoms with Gasteiger partial charge in [0.15, 0.2) is 17.3 Å². The molecule has 0 aliphatic carbocycles. The number of furan rings is 1. The lowest BCUT2D eigenvalue weighted by Gasteiger charge is -2.14. The number of hydrogen-bond donors (Lipinski definition) is 1. The smallest absolute Gasteiger partial charge is 0.250 e. The molecule has 2 heterocycles. The van der Waals surface area contributed by atoms with Crippen LogP contribution < -0.4 is 19.5 Å². The van der Waals surface area contributed by atoms with Crippen LogP contribution in [0, 0.1) is 0 Å². The molecule has 0 aliphatic rings. The maximum atomic E-state index is 12.1. The number of rotatable bonds is 9. The molecule has 2 aromatic heterocycles. The van der Waals surface area contributed by atoms with E-state index in [9.17, 15) is 4.79 Å². The maximum Gasteiger partial charge on any atom is 0.250 e. The molecule has 3 rings (SSSR count). The average Bonchev–Trinajstić information content (AvgIpc) is 3.38. The molecule has 9 nitrogen and oxygen atoms in total. The molecule has 0 radical (unpaired) electrons. The topological polar surface area (TPSA) is 105 Å². The second-order valence-electron chi connectivity index (χ2n) is 5.61. The summed E-state index contributed by atoms with van der Waals surface area (Å²) in [5.41, 5.74) is 1.04. The second-order valence-corrected chi connectivity index (χ2v) is 5.61. The standard InChI is InChI=1S/C19H20N2O7/c1-23-16-7-12(8-17(24-2)19(16)25-3)20-18(22)11-26-10-13-9-15(28-21-13)14-5-4-6-27-14/h4-9H,10-11H2,1-3H3,(H,20,22). The van der Waals surface area contributed by atoms with Gasteiger partial charge in [-0.1, -0.05) is 5.16 Å². The lowest BCUT2D eigenvalue weighted by molar-refractivity contribution is -0.121. The normalized spacial score (nSPS) is 10.5. The van der Waals surface area contributed by atoms with Crippen molar-refractivity contribution in [2.45, 2.75) is 6.61 Å². The third kappa shape index (κ3) is 4.44. The van der Waals surface area contributed by atoms with E-state index < -0.39 is 0 Å². The molecule has 0 unspecified atom stereocenters. The summed E-state index contributed by atoms with van der Waals surface area (Å²) in [6.07, 6.45) is 1.54. The van der Waals surface area contributed by atoms with Gasteiger partial charge in [0.2, 0.25) is 17.4 Å². The quantitative estimate of drug-likeness (QED) is 0.596. The molecule has 0 atom stereocenters. The Bertz CT molecular complexity index is 893. The minimum atomic E-state index is -0.343. The van der Waals surface area contributed by atoms with Crippen LogP contribution >= 0.6 is 0 Å². The van der Waals surface area contributed by atoms with E-state index in [-0.39, 0.29) is 19.1 Å². The highest BCUT2D eigenvalue weighted by molar-refractivity contribution is 5.92. The highest BCUT2D eigenvalue weighted by Gasteiger charge is 2.15. The van der Waals surface area contributed by atoms with Crippen molar-refractivity contribution in [2.24, 2.45) is 0 Å². The number of carbonyl (C=O) groups is 1. The maximum absolute atomic E-state index is 12.1. The lowest BCUT2D eigenvalue weighted by atomic mass is 10.2. The van der Waals surface area contributed by atoms with Crippen LogP contribution in [0.4, 0.5) is 5.69 Å². The molecule has 0 fully saturated rings. The fraction of sp³-hybridized carbons (Fsp3) is 0.263. The van der Waals surface area contributed by atoms with E-state index in [0.29, 0.717) is 40.2 Å². The highest BCUT2D eigenvalue weighted by atomic mass is 16.5. The van der Waals surface area contributed by atoms with Gasteiger partial charge >= 0.3 is 0 Å². The highest BCUT2D eigenvalue weighted by Crippen LogP contribution is 2.39. The van der Waals surface area contributed by atoms with Crippen LogP contribution in [-0.4, -0.2) is 39.0 Å². The largest absolute Gasteiger partial charge is 0.493 e. The van der Waals surface area contributed by atoms with Crippen LogP contribution in [0.25, 0.3) is 11.5 Å². The van der Waals surface area contributed by atoms with Crippen molar-refractivity contribution in [3.05, 3.63) is 42.3 Å². The van der Waals surface area contributed by atoms with Crippen LogP contribution in [-0.2, 0) is 16.1 Å². The summed E-state index contributed by atoms with van der Waals surface area (Å²) in [5.74, 6) is 2.03. The number of aromatic nitrogens is 1. The monoisotopic (exact) mass is 388 g/mol. The van der Waals surface area contributed by atoms with Crippen molar-refractivity contribution in [3.8, 4) is 28.8 Å². The fourth-order valence-electron chi connectivity index (χ4n) is 2.51. The van der Waals surface area contributed by atoms with Crippen molar-refractivity contribution < 1.29 is 32.7 Å². The van der Waals surface area contributed by atoms with Gasteiger partial charge in [0.05, 0.1) is 34.2 Å². The third-order valence-corrected chi connectivity index (χ3v) is 3.75. The Kier molecular flexibility index (Phi) is 6.18. The molecular formula is C19H20N2O7. The SMILES string of the molecule is COc1cc(NC(=O)COCc2cc(-c3ccco3)on2)cc(OC)c1OC. The number of methoxy groups -OCH3 is 3. The summed E-state index contributed by atoms with van der Waals surface area (Å²) < 4.78 is 31.6. The molecule has 0 saturated carbocycles. The van der Waals surface area contributed by atoms with Gasteiger partial charge in [-0.05, 0) is 12.1 Å². The molecule has 0 aliphatic heterocycles. The van der Waals surface area contributed by atoms with E-state index in [0.717, 1.165) is 0 Å². The minimum Gasteiger partial charge on any atom is -0.493 e. The fourth-order valence-corrected chi connectivity index (χ4v) is 2.51. The van der Waals surface area contributed by atoms with Gasteiger partial charge in [0, 0.05) is 23.9 Å². The number of nitrogens with zero attached hydrogens (tertiary/aromatic N) is 1. The Morgan fingerprint density at radius 1 is 1.07 bits per heavy atom. The zero-order valence-corrected chi connectivity index (χ0v) is 15.7. The zero-order chi connectivity index (χ0) is 19.9. The van der Waals surface area contributed by atoms with Crippen LogP contribution in [0.3, 0.4) is 0 Å². The minimum absolute atomic E-state index is 0.118. The zero-order valence-electron chi connectivity index (χ0n) is 15.7. The molecule has 0 bridgehead atoms. The van der Waals surface area contributed by atoms with E-state index in [4.69, 9.17) is 27.9 Å². The van der Waals surface area contributed by atoms with Gasteiger partial charge in [0.25, 0.3) is 0 Å². The summed E-state index contributed by atoms with van der Waals surface area (Å²) in [6.45, 7) is -0.0491. The van der Waals surface area contributed by atoms with Gasteiger partial charge in [-0.2, -0.15) is 0 Å².